The van der Waals surface area contributed by atoms with Crippen LogP contribution in [0.25, 0.3) is 0 Å². The van der Waals surface area contributed by atoms with Gasteiger partial charge in [-0.25, -0.2) is 4.98 Å². The molecule has 0 fully saturated rings. The van der Waals surface area contributed by atoms with E-state index in [9.17, 15) is 0 Å². The second kappa shape index (κ2) is 6.71. The van der Waals surface area contributed by atoms with Gasteiger partial charge in [0.05, 0.1) is 0 Å². The summed E-state index contributed by atoms with van der Waals surface area (Å²) in [5, 5.41) is 3.03. The smallest absolute Gasteiger partial charge is 0.135 e. The lowest BCUT2D eigenvalue weighted by Crippen LogP contribution is -2.29. The number of hydrogen-bond donors (Lipinski definition) is 0. The van der Waals surface area contributed by atoms with E-state index in [-0.39, 0.29) is 0 Å². The molecular weight excluding hydrogens is 299 g/mol. The molecule has 0 aliphatic heterocycles. The van der Waals surface area contributed by atoms with E-state index >= 15 is 0 Å². The van der Waals surface area contributed by atoms with Gasteiger partial charge in [-0.3, -0.25) is 4.90 Å². The van der Waals surface area contributed by atoms with E-state index in [1.165, 1.54) is 4.88 Å². The zero-order chi connectivity index (χ0) is 13.8. The third-order valence-electron chi connectivity index (χ3n) is 2.93. The number of aromatic nitrogens is 1. The van der Waals surface area contributed by atoms with Crippen molar-refractivity contribution in [1.82, 2.24) is 9.88 Å². The largest absolute Gasteiger partial charge is 0.292 e. The Morgan fingerprint density at radius 2 is 2.00 bits per heavy atom. The molecule has 0 unspecified atom stereocenters. The van der Waals surface area contributed by atoms with E-state index in [2.05, 4.69) is 41.2 Å². The van der Waals surface area contributed by atoms with Gasteiger partial charge in [0.2, 0.25) is 0 Å². The predicted molar refractivity (Wildman–Crippen MR) is 83.0 cm³/mol. The van der Waals surface area contributed by atoms with Gasteiger partial charge in [0.15, 0.2) is 0 Å². The van der Waals surface area contributed by atoms with Crippen LogP contribution in [-0.4, -0.2) is 15.9 Å². The van der Waals surface area contributed by atoms with Crippen molar-refractivity contribution in [1.29, 1.82) is 0 Å². The monoisotopic (exact) mass is 314 g/mol. The van der Waals surface area contributed by atoms with Gasteiger partial charge in [-0.2, -0.15) is 0 Å². The molecule has 0 N–H and O–H groups in total. The molecule has 2 nitrogen and oxygen atoms in total. The van der Waals surface area contributed by atoms with Crippen molar-refractivity contribution in [3.8, 4) is 0 Å². The van der Waals surface area contributed by atoms with Crippen LogP contribution >= 0.6 is 34.5 Å². The molecular formula is C14H16Cl2N2S. The second-order valence-electron chi connectivity index (χ2n) is 4.66. The van der Waals surface area contributed by atoms with Crippen LogP contribution in [0.15, 0.2) is 29.6 Å². The molecule has 19 heavy (non-hydrogen) atoms. The summed E-state index contributed by atoms with van der Waals surface area (Å²) in [6.07, 6.45) is 0. The molecule has 0 saturated carbocycles. The van der Waals surface area contributed by atoms with Crippen LogP contribution in [0.5, 0.6) is 0 Å². The summed E-state index contributed by atoms with van der Waals surface area (Å²) in [5.74, 6) is 0. The molecule has 0 aliphatic carbocycles. The maximum absolute atomic E-state index is 6.14. The van der Waals surface area contributed by atoms with Crippen LogP contribution in [0.2, 0.25) is 10.3 Å². The van der Waals surface area contributed by atoms with Crippen LogP contribution in [0, 0.1) is 0 Å². The van der Waals surface area contributed by atoms with E-state index in [1.807, 2.05) is 6.07 Å². The van der Waals surface area contributed by atoms with Gasteiger partial charge in [0, 0.05) is 29.6 Å². The van der Waals surface area contributed by atoms with Gasteiger partial charge in [0.1, 0.15) is 10.3 Å². The van der Waals surface area contributed by atoms with Gasteiger partial charge in [-0.15, -0.1) is 11.3 Å². The fraction of sp³-hybridized carbons (Fsp3) is 0.357. The van der Waals surface area contributed by atoms with Crippen molar-refractivity contribution in [3.63, 3.8) is 0 Å². The maximum Gasteiger partial charge on any atom is 0.135 e. The first-order chi connectivity index (χ1) is 9.06. The lowest BCUT2D eigenvalue weighted by molar-refractivity contribution is 0.205. The number of hydrogen-bond acceptors (Lipinski definition) is 3. The maximum atomic E-state index is 6.14. The van der Waals surface area contributed by atoms with Gasteiger partial charge in [0.25, 0.3) is 0 Å². The lowest BCUT2D eigenvalue weighted by atomic mass is 10.2. The molecule has 2 rings (SSSR count). The van der Waals surface area contributed by atoms with E-state index in [4.69, 9.17) is 23.2 Å². The minimum absolute atomic E-state index is 0.433. The number of halogens is 2. The Morgan fingerprint density at radius 3 is 2.58 bits per heavy atom. The topological polar surface area (TPSA) is 16.1 Å². The lowest BCUT2D eigenvalue weighted by Gasteiger charge is -2.26. The Hall–Kier alpha value is -0.610. The highest BCUT2D eigenvalue weighted by molar-refractivity contribution is 7.09. The quantitative estimate of drug-likeness (QED) is 0.733. The number of pyridine rings is 1. The standard InChI is InChI=1S/C14H16Cl2N2S/c1-10(2)18(9-12-4-3-7-19-12)8-11-5-6-13(15)17-14(11)16/h3-7,10H,8-9H2,1-2H3. The number of nitrogens with zero attached hydrogens (tertiary/aromatic N) is 2. The van der Waals surface area contributed by atoms with Gasteiger partial charge >= 0.3 is 0 Å². The summed E-state index contributed by atoms with van der Waals surface area (Å²) in [4.78, 5) is 7.81. The fourth-order valence-electron chi connectivity index (χ4n) is 1.80. The molecule has 0 radical (unpaired) electrons. The van der Waals surface area contributed by atoms with Gasteiger partial charge in [-0.1, -0.05) is 35.3 Å². The Morgan fingerprint density at radius 1 is 1.21 bits per heavy atom. The Labute approximate surface area is 128 Å². The van der Waals surface area contributed by atoms with Crippen molar-refractivity contribution >= 4 is 34.5 Å². The third kappa shape index (κ3) is 4.18. The summed E-state index contributed by atoms with van der Waals surface area (Å²) in [5.41, 5.74) is 1.01. The molecule has 0 saturated heterocycles. The first-order valence-electron chi connectivity index (χ1n) is 6.13. The molecule has 2 heterocycles. The Bertz CT molecular complexity index is 526. The SMILES string of the molecule is CC(C)N(Cc1cccs1)Cc1ccc(Cl)nc1Cl. The number of rotatable bonds is 5. The minimum atomic E-state index is 0.433. The summed E-state index contributed by atoms with van der Waals surface area (Å²) in [6.45, 7) is 6.07. The van der Waals surface area contributed by atoms with Crippen LogP contribution in [0.1, 0.15) is 24.3 Å². The fourth-order valence-corrected chi connectivity index (χ4v) is 2.94. The highest BCUT2D eigenvalue weighted by Gasteiger charge is 2.14. The molecule has 5 heteroatoms. The zero-order valence-electron chi connectivity index (χ0n) is 10.9. The second-order valence-corrected chi connectivity index (χ2v) is 6.44. The molecule has 2 aromatic heterocycles. The molecule has 0 spiro atoms. The zero-order valence-corrected chi connectivity index (χ0v) is 13.3. The first-order valence-corrected chi connectivity index (χ1v) is 7.77. The number of thiophene rings is 1. The highest BCUT2D eigenvalue weighted by Crippen LogP contribution is 2.21. The molecule has 102 valence electrons. The van der Waals surface area contributed by atoms with Crippen molar-refractivity contribution in [2.75, 3.05) is 0 Å². The minimum Gasteiger partial charge on any atom is -0.292 e. The van der Waals surface area contributed by atoms with Crippen molar-refractivity contribution in [2.45, 2.75) is 33.0 Å². The first kappa shape index (κ1) is 14.8. The van der Waals surface area contributed by atoms with E-state index in [0.29, 0.717) is 16.3 Å². The average molecular weight is 315 g/mol. The molecule has 0 amide bonds. The van der Waals surface area contributed by atoms with Crippen LogP contribution < -0.4 is 0 Å². The molecule has 0 aliphatic rings. The van der Waals surface area contributed by atoms with Crippen molar-refractivity contribution in [2.24, 2.45) is 0 Å². The summed E-state index contributed by atoms with van der Waals surface area (Å²) >= 11 is 13.7. The average Bonchev–Trinajstić information content (AvgIpc) is 2.84. The normalized spacial score (nSPS) is 11.5. The van der Waals surface area contributed by atoms with Crippen LogP contribution in [0.3, 0.4) is 0 Å². The summed E-state index contributed by atoms with van der Waals surface area (Å²) in [6, 6.07) is 8.40. The van der Waals surface area contributed by atoms with E-state index in [1.54, 1.807) is 17.4 Å². The van der Waals surface area contributed by atoms with Gasteiger partial charge in [-0.05, 0) is 31.4 Å². The van der Waals surface area contributed by atoms with E-state index in [0.717, 1.165) is 18.7 Å². The van der Waals surface area contributed by atoms with Crippen molar-refractivity contribution < 1.29 is 0 Å². The summed E-state index contributed by atoms with van der Waals surface area (Å²) < 4.78 is 0. The molecule has 0 aromatic carbocycles. The highest BCUT2D eigenvalue weighted by atomic mass is 35.5. The van der Waals surface area contributed by atoms with Crippen molar-refractivity contribution in [3.05, 3.63) is 50.4 Å². The molecule has 2 aromatic rings. The molecule has 0 bridgehead atoms. The van der Waals surface area contributed by atoms with E-state index < -0.39 is 0 Å². The molecule has 0 atom stereocenters. The summed E-state index contributed by atoms with van der Waals surface area (Å²) in [7, 11) is 0. The third-order valence-corrected chi connectivity index (χ3v) is 4.33. The Balaban J connectivity index is 2.12. The van der Waals surface area contributed by atoms with Crippen LogP contribution in [0.4, 0.5) is 0 Å². The predicted octanol–water partition coefficient (Wildman–Crippen LogP) is 4.86. The van der Waals surface area contributed by atoms with Gasteiger partial charge < -0.3 is 0 Å². The van der Waals surface area contributed by atoms with Crippen LogP contribution in [-0.2, 0) is 13.1 Å². The Kier molecular flexibility index (Phi) is 5.22.